The van der Waals surface area contributed by atoms with E-state index in [0.717, 1.165) is 27.9 Å². The lowest BCUT2D eigenvalue weighted by molar-refractivity contribution is 0.522. The van der Waals surface area contributed by atoms with Gasteiger partial charge in [-0.3, -0.25) is 16.3 Å². The number of halogens is 2. The maximum absolute atomic E-state index is 6.22. The standard InChI is InChI=1S/C14H15BrClN3/c15-12-2-1-11(14(16)9-12)8-13(19-17)7-10-3-5-18-6-4-10/h1-6,9,13,19H,7-8,17H2. The maximum atomic E-state index is 6.22. The highest BCUT2D eigenvalue weighted by Crippen LogP contribution is 2.23. The van der Waals surface area contributed by atoms with Crippen molar-refractivity contribution < 1.29 is 0 Å². The number of hydrazine groups is 1. The molecule has 2 aromatic rings. The molecule has 1 unspecified atom stereocenters. The van der Waals surface area contributed by atoms with E-state index in [1.807, 2.05) is 30.3 Å². The van der Waals surface area contributed by atoms with Crippen molar-refractivity contribution in [1.82, 2.24) is 10.4 Å². The summed E-state index contributed by atoms with van der Waals surface area (Å²) in [4.78, 5) is 4.01. The van der Waals surface area contributed by atoms with Gasteiger partial charge in [-0.05, 0) is 48.2 Å². The Bertz CT molecular complexity index is 533. The van der Waals surface area contributed by atoms with Crippen LogP contribution in [-0.2, 0) is 12.8 Å². The monoisotopic (exact) mass is 339 g/mol. The first-order valence-corrected chi connectivity index (χ1v) is 7.15. The van der Waals surface area contributed by atoms with Crippen molar-refractivity contribution in [2.75, 3.05) is 0 Å². The Balaban J connectivity index is 2.06. The summed E-state index contributed by atoms with van der Waals surface area (Å²) in [5.74, 6) is 5.63. The minimum Gasteiger partial charge on any atom is -0.271 e. The molecule has 1 aromatic carbocycles. The summed E-state index contributed by atoms with van der Waals surface area (Å²) < 4.78 is 0.979. The molecule has 2 rings (SSSR count). The van der Waals surface area contributed by atoms with Gasteiger partial charge in [-0.1, -0.05) is 33.6 Å². The van der Waals surface area contributed by atoms with Crippen molar-refractivity contribution in [2.24, 2.45) is 5.84 Å². The number of nitrogens with zero attached hydrogens (tertiary/aromatic N) is 1. The number of benzene rings is 1. The molecule has 0 bridgehead atoms. The third kappa shape index (κ3) is 4.28. The number of pyridine rings is 1. The summed E-state index contributed by atoms with van der Waals surface area (Å²) in [5.41, 5.74) is 5.14. The van der Waals surface area contributed by atoms with Crippen molar-refractivity contribution >= 4 is 27.5 Å². The van der Waals surface area contributed by atoms with Crippen LogP contribution in [-0.4, -0.2) is 11.0 Å². The molecule has 1 atom stereocenters. The van der Waals surface area contributed by atoms with E-state index >= 15 is 0 Å². The Morgan fingerprint density at radius 2 is 1.95 bits per heavy atom. The fraction of sp³-hybridized carbons (Fsp3) is 0.214. The highest BCUT2D eigenvalue weighted by atomic mass is 79.9. The molecule has 0 aliphatic rings. The smallest absolute Gasteiger partial charge is 0.0449 e. The number of hydrogen-bond acceptors (Lipinski definition) is 3. The molecule has 0 amide bonds. The highest BCUT2D eigenvalue weighted by molar-refractivity contribution is 9.10. The van der Waals surface area contributed by atoms with E-state index in [4.69, 9.17) is 17.4 Å². The topological polar surface area (TPSA) is 50.9 Å². The normalized spacial score (nSPS) is 12.4. The van der Waals surface area contributed by atoms with Gasteiger partial charge in [-0.2, -0.15) is 0 Å². The van der Waals surface area contributed by atoms with E-state index in [2.05, 4.69) is 26.3 Å². The second kappa shape index (κ2) is 7.01. The molecule has 0 saturated carbocycles. The summed E-state index contributed by atoms with van der Waals surface area (Å²) in [5, 5.41) is 0.754. The van der Waals surface area contributed by atoms with Gasteiger partial charge in [0.05, 0.1) is 0 Å². The molecule has 5 heteroatoms. The third-order valence-electron chi connectivity index (χ3n) is 2.95. The van der Waals surface area contributed by atoms with Gasteiger partial charge >= 0.3 is 0 Å². The van der Waals surface area contributed by atoms with E-state index in [0.29, 0.717) is 0 Å². The molecule has 0 spiro atoms. The quantitative estimate of drug-likeness (QED) is 0.649. The Morgan fingerprint density at radius 1 is 1.21 bits per heavy atom. The van der Waals surface area contributed by atoms with Gasteiger partial charge in [0, 0.05) is 27.9 Å². The Hall–Kier alpha value is -0.940. The number of nitrogens with one attached hydrogen (secondary N) is 1. The molecule has 3 nitrogen and oxygen atoms in total. The minimum atomic E-state index is 0.140. The lowest BCUT2D eigenvalue weighted by atomic mass is 10.00. The zero-order valence-corrected chi connectivity index (χ0v) is 12.7. The zero-order valence-electron chi connectivity index (χ0n) is 10.3. The van der Waals surface area contributed by atoms with E-state index in [1.165, 1.54) is 5.56 Å². The number of rotatable bonds is 5. The summed E-state index contributed by atoms with van der Waals surface area (Å²) >= 11 is 9.63. The van der Waals surface area contributed by atoms with Crippen LogP contribution in [0.4, 0.5) is 0 Å². The Kier molecular flexibility index (Phi) is 5.34. The molecule has 0 fully saturated rings. The lowest BCUT2D eigenvalue weighted by Crippen LogP contribution is -2.38. The van der Waals surface area contributed by atoms with Gasteiger partial charge in [0.1, 0.15) is 0 Å². The fourth-order valence-corrected chi connectivity index (χ4v) is 2.70. The summed E-state index contributed by atoms with van der Waals surface area (Å²) in [6.07, 6.45) is 5.20. The van der Waals surface area contributed by atoms with Crippen molar-refractivity contribution in [3.05, 3.63) is 63.3 Å². The van der Waals surface area contributed by atoms with E-state index in [1.54, 1.807) is 12.4 Å². The van der Waals surface area contributed by atoms with E-state index < -0.39 is 0 Å². The van der Waals surface area contributed by atoms with Crippen LogP contribution in [0, 0.1) is 0 Å². The van der Waals surface area contributed by atoms with Gasteiger partial charge in [-0.15, -0.1) is 0 Å². The minimum absolute atomic E-state index is 0.140. The van der Waals surface area contributed by atoms with Gasteiger partial charge in [0.25, 0.3) is 0 Å². The van der Waals surface area contributed by atoms with Gasteiger partial charge in [-0.25, -0.2) is 0 Å². The summed E-state index contributed by atoms with van der Waals surface area (Å²) in [6.45, 7) is 0. The van der Waals surface area contributed by atoms with Gasteiger partial charge in [0.2, 0.25) is 0 Å². The molecule has 100 valence electrons. The molecule has 19 heavy (non-hydrogen) atoms. The van der Waals surface area contributed by atoms with Gasteiger partial charge in [0.15, 0.2) is 0 Å². The van der Waals surface area contributed by atoms with Crippen molar-refractivity contribution in [3.63, 3.8) is 0 Å². The molecule has 1 aromatic heterocycles. The van der Waals surface area contributed by atoms with Crippen LogP contribution in [0.5, 0.6) is 0 Å². The Morgan fingerprint density at radius 3 is 2.58 bits per heavy atom. The van der Waals surface area contributed by atoms with Crippen molar-refractivity contribution in [1.29, 1.82) is 0 Å². The number of nitrogens with two attached hydrogens (primary N) is 1. The fourth-order valence-electron chi connectivity index (χ4n) is 1.95. The number of hydrogen-bond donors (Lipinski definition) is 2. The molecule has 0 saturated heterocycles. The molecular weight excluding hydrogens is 326 g/mol. The largest absolute Gasteiger partial charge is 0.271 e. The molecule has 0 aliphatic heterocycles. The maximum Gasteiger partial charge on any atom is 0.0449 e. The second-order valence-corrected chi connectivity index (χ2v) is 5.69. The van der Waals surface area contributed by atoms with Crippen LogP contribution in [0.1, 0.15) is 11.1 Å². The molecule has 0 aliphatic carbocycles. The lowest BCUT2D eigenvalue weighted by Gasteiger charge is -2.17. The van der Waals surface area contributed by atoms with Crippen LogP contribution >= 0.6 is 27.5 Å². The molecule has 3 N–H and O–H groups in total. The first kappa shape index (κ1) is 14.5. The summed E-state index contributed by atoms with van der Waals surface area (Å²) in [7, 11) is 0. The first-order valence-electron chi connectivity index (χ1n) is 5.98. The molecule has 0 radical (unpaired) electrons. The predicted molar refractivity (Wildman–Crippen MR) is 81.9 cm³/mol. The van der Waals surface area contributed by atoms with Crippen molar-refractivity contribution in [3.8, 4) is 0 Å². The second-order valence-electron chi connectivity index (χ2n) is 4.36. The van der Waals surface area contributed by atoms with Crippen molar-refractivity contribution in [2.45, 2.75) is 18.9 Å². The molecular formula is C14H15BrClN3. The third-order valence-corrected chi connectivity index (χ3v) is 3.79. The first-order chi connectivity index (χ1) is 9.19. The number of aromatic nitrogens is 1. The average Bonchev–Trinajstić information content (AvgIpc) is 2.42. The van der Waals surface area contributed by atoms with E-state index in [9.17, 15) is 0 Å². The van der Waals surface area contributed by atoms with E-state index in [-0.39, 0.29) is 6.04 Å². The van der Waals surface area contributed by atoms with Crippen LogP contribution < -0.4 is 11.3 Å². The zero-order chi connectivity index (χ0) is 13.7. The SMILES string of the molecule is NNC(Cc1ccncc1)Cc1ccc(Br)cc1Cl. The van der Waals surface area contributed by atoms with Crippen LogP contribution in [0.15, 0.2) is 47.2 Å². The Labute approximate surface area is 126 Å². The van der Waals surface area contributed by atoms with Gasteiger partial charge < -0.3 is 0 Å². The van der Waals surface area contributed by atoms with Crippen LogP contribution in [0.2, 0.25) is 5.02 Å². The molecule has 1 heterocycles. The summed E-state index contributed by atoms with van der Waals surface area (Å²) in [6, 6.07) is 10.0. The van der Waals surface area contributed by atoms with Crippen LogP contribution in [0.3, 0.4) is 0 Å². The van der Waals surface area contributed by atoms with Crippen LogP contribution in [0.25, 0.3) is 0 Å². The highest BCUT2D eigenvalue weighted by Gasteiger charge is 2.11. The predicted octanol–water partition coefficient (Wildman–Crippen LogP) is 3.11. The average molecular weight is 341 g/mol.